The zero-order valence-corrected chi connectivity index (χ0v) is 12.2. The summed E-state index contributed by atoms with van der Waals surface area (Å²) in [5, 5.41) is 0. The Labute approximate surface area is 123 Å². The van der Waals surface area contributed by atoms with Gasteiger partial charge in [0.1, 0.15) is 11.6 Å². The fourth-order valence-corrected chi connectivity index (χ4v) is 2.55. The minimum absolute atomic E-state index is 0.117. The molecule has 3 rings (SSSR count). The molecule has 0 saturated heterocycles. The van der Waals surface area contributed by atoms with Gasteiger partial charge in [-0.25, -0.2) is 4.39 Å². The molecule has 0 spiro atoms. The molecule has 1 heterocycles. The van der Waals surface area contributed by atoms with Crippen LogP contribution in [0.2, 0.25) is 0 Å². The number of hydrogen-bond acceptors (Lipinski definition) is 3. The second-order valence-corrected chi connectivity index (χ2v) is 5.61. The summed E-state index contributed by atoms with van der Waals surface area (Å²) in [5.74, 6) is 0.394. The lowest BCUT2D eigenvalue weighted by Crippen LogP contribution is -2.26. The minimum Gasteiger partial charge on any atom is -0.467 e. The predicted molar refractivity (Wildman–Crippen MR) is 79.1 cm³/mol. The fraction of sp³-hybridized carbons (Fsp3) is 0.353. The molecular formula is C17H18FNO2. The average Bonchev–Trinajstić information content (AvgIpc) is 3.15. The van der Waals surface area contributed by atoms with Crippen LogP contribution < -0.4 is 4.90 Å². The van der Waals surface area contributed by atoms with Gasteiger partial charge in [-0.2, -0.15) is 0 Å². The number of rotatable bonds is 5. The van der Waals surface area contributed by atoms with E-state index in [2.05, 4.69) is 4.90 Å². The smallest absolute Gasteiger partial charge is 0.161 e. The van der Waals surface area contributed by atoms with E-state index in [1.807, 2.05) is 12.1 Å². The van der Waals surface area contributed by atoms with Crippen LogP contribution in [0.3, 0.4) is 0 Å². The number of carbonyl (C=O) groups is 1. The first kappa shape index (κ1) is 13.9. The molecule has 0 radical (unpaired) electrons. The molecule has 2 aromatic rings. The highest BCUT2D eigenvalue weighted by Crippen LogP contribution is 2.36. The normalized spacial score (nSPS) is 14.2. The van der Waals surface area contributed by atoms with Crippen LogP contribution in [-0.4, -0.2) is 11.8 Å². The molecule has 0 bridgehead atoms. The third-order valence-electron chi connectivity index (χ3n) is 3.86. The van der Waals surface area contributed by atoms with Gasteiger partial charge >= 0.3 is 0 Å². The Hall–Kier alpha value is -2.10. The number of hydrogen-bond donors (Lipinski definition) is 0. The van der Waals surface area contributed by atoms with Crippen LogP contribution in [0.4, 0.5) is 10.1 Å². The number of ketones is 1. The molecule has 1 aromatic heterocycles. The van der Waals surface area contributed by atoms with E-state index in [0.29, 0.717) is 23.7 Å². The zero-order valence-electron chi connectivity index (χ0n) is 12.2. The van der Waals surface area contributed by atoms with E-state index >= 15 is 0 Å². The van der Waals surface area contributed by atoms with Crippen molar-refractivity contribution >= 4 is 11.5 Å². The molecule has 0 N–H and O–H groups in total. The third-order valence-corrected chi connectivity index (χ3v) is 3.86. The maximum atomic E-state index is 13.8. The SMILES string of the molecule is CC(=O)c1cc(F)c(C)cc1N(Cc1ccco1)C1CC1. The Balaban J connectivity index is 2.02. The van der Waals surface area contributed by atoms with E-state index < -0.39 is 0 Å². The van der Waals surface area contributed by atoms with Gasteiger partial charge in [0.25, 0.3) is 0 Å². The van der Waals surface area contributed by atoms with Crippen LogP contribution in [0.15, 0.2) is 34.9 Å². The van der Waals surface area contributed by atoms with Crippen LogP contribution in [-0.2, 0) is 6.54 Å². The Bertz CT molecular complexity index is 660. The van der Waals surface area contributed by atoms with Gasteiger partial charge in [-0.15, -0.1) is 0 Å². The number of aryl methyl sites for hydroxylation is 1. The Kier molecular flexibility index (Phi) is 3.53. The van der Waals surface area contributed by atoms with Crippen molar-refractivity contribution in [3.05, 3.63) is 53.2 Å². The lowest BCUT2D eigenvalue weighted by atomic mass is 10.0. The highest BCUT2D eigenvalue weighted by atomic mass is 19.1. The van der Waals surface area contributed by atoms with E-state index in [9.17, 15) is 9.18 Å². The Morgan fingerprint density at radius 3 is 2.76 bits per heavy atom. The summed E-state index contributed by atoms with van der Waals surface area (Å²) < 4.78 is 19.2. The molecule has 21 heavy (non-hydrogen) atoms. The van der Waals surface area contributed by atoms with Crippen molar-refractivity contribution in [2.45, 2.75) is 39.3 Å². The molecule has 1 saturated carbocycles. The molecule has 0 unspecified atom stereocenters. The van der Waals surface area contributed by atoms with Gasteiger partial charge in [0.2, 0.25) is 0 Å². The van der Waals surface area contributed by atoms with Crippen molar-refractivity contribution in [2.24, 2.45) is 0 Å². The minimum atomic E-state index is -0.335. The summed E-state index contributed by atoms with van der Waals surface area (Å²) in [6.07, 6.45) is 3.82. The highest BCUT2D eigenvalue weighted by molar-refractivity contribution is 6.00. The molecule has 1 aromatic carbocycles. The van der Waals surface area contributed by atoms with Gasteiger partial charge in [-0.1, -0.05) is 0 Å². The molecule has 1 aliphatic carbocycles. The molecule has 4 heteroatoms. The zero-order chi connectivity index (χ0) is 15.0. The van der Waals surface area contributed by atoms with E-state index in [-0.39, 0.29) is 11.6 Å². The van der Waals surface area contributed by atoms with Crippen molar-refractivity contribution in [1.82, 2.24) is 0 Å². The maximum absolute atomic E-state index is 13.8. The predicted octanol–water partition coefficient (Wildman–Crippen LogP) is 4.10. The number of anilines is 1. The number of nitrogens with zero attached hydrogens (tertiary/aromatic N) is 1. The highest BCUT2D eigenvalue weighted by Gasteiger charge is 2.32. The van der Waals surface area contributed by atoms with Gasteiger partial charge in [0, 0.05) is 17.3 Å². The van der Waals surface area contributed by atoms with Crippen LogP contribution in [0.25, 0.3) is 0 Å². The van der Waals surface area contributed by atoms with Gasteiger partial charge in [0.05, 0.1) is 12.8 Å². The summed E-state index contributed by atoms with van der Waals surface area (Å²) in [7, 11) is 0. The second-order valence-electron chi connectivity index (χ2n) is 5.61. The van der Waals surface area contributed by atoms with Crippen LogP contribution in [0.5, 0.6) is 0 Å². The summed E-state index contributed by atoms with van der Waals surface area (Å²) in [6, 6.07) is 7.29. The molecular weight excluding hydrogens is 269 g/mol. The van der Waals surface area contributed by atoms with E-state index in [4.69, 9.17) is 4.42 Å². The number of benzene rings is 1. The van der Waals surface area contributed by atoms with Crippen LogP contribution in [0.1, 0.15) is 41.4 Å². The molecule has 1 fully saturated rings. The number of furan rings is 1. The van der Waals surface area contributed by atoms with E-state index in [1.165, 1.54) is 13.0 Å². The van der Waals surface area contributed by atoms with Crippen molar-refractivity contribution in [3.8, 4) is 0 Å². The van der Waals surface area contributed by atoms with Crippen molar-refractivity contribution in [2.75, 3.05) is 4.90 Å². The summed E-state index contributed by atoms with van der Waals surface area (Å²) in [6.45, 7) is 3.80. The first-order chi connectivity index (χ1) is 10.1. The van der Waals surface area contributed by atoms with E-state index in [0.717, 1.165) is 24.3 Å². The van der Waals surface area contributed by atoms with Gasteiger partial charge in [-0.3, -0.25) is 4.79 Å². The largest absolute Gasteiger partial charge is 0.467 e. The third kappa shape index (κ3) is 2.84. The monoisotopic (exact) mass is 287 g/mol. The van der Waals surface area contributed by atoms with E-state index in [1.54, 1.807) is 19.3 Å². The second kappa shape index (κ2) is 5.35. The molecule has 0 aliphatic heterocycles. The number of carbonyl (C=O) groups excluding carboxylic acids is 1. The van der Waals surface area contributed by atoms with Gasteiger partial charge < -0.3 is 9.32 Å². The molecule has 0 amide bonds. The lowest BCUT2D eigenvalue weighted by Gasteiger charge is -2.26. The first-order valence-electron chi connectivity index (χ1n) is 7.16. The quantitative estimate of drug-likeness (QED) is 0.776. The van der Waals surface area contributed by atoms with Crippen LogP contribution >= 0.6 is 0 Å². The summed E-state index contributed by atoms with van der Waals surface area (Å²) in [5.41, 5.74) is 1.80. The van der Waals surface area contributed by atoms with Gasteiger partial charge in [-0.05, 0) is 56.5 Å². The molecule has 3 nitrogen and oxygen atoms in total. The van der Waals surface area contributed by atoms with Crippen molar-refractivity contribution < 1.29 is 13.6 Å². The maximum Gasteiger partial charge on any atom is 0.161 e. The summed E-state index contributed by atoms with van der Waals surface area (Å²) in [4.78, 5) is 14.0. The van der Waals surface area contributed by atoms with Crippen LogP contribution in [0, 0.1) is 12.7 Å². The summed E-state index contributed by atoms with van der Waals surface area (Å²) >= 11 is 0. The average molecular weight is 287 g/mol. The Morgan fingerprint density at radius 2 is 2.19 bits per heavy atom. The molecule has 110 valence electrons. The number of halogens is 1. The fourth-order valence-electron chi connectivity index (χ4n) is 2.55. The molecule has 1 aliphatic rings. The first-order valence-corrected chi connectivity index (χ1v) is 7.16. The van der Waals surface area contributed by atoms with Crippen molar-refractivity contribution in [1.29, 1.82) is 0 Å². The van der Waals surface area contributed by atoms with Crippen molar-refractivity contribution in [3.63, 3.8) is 0 Å². The van der Waals surface area contributed by atoms with Gasteiger partial charge in [0.15, 0.2) is 5.78 Å². The Morgan fingerprint density at radius 1 is 1.43 bits per heavy atom. The number of Topliss-reactive ketones (excluding diaryl/α,β-unsaturated/α-hetero) is 1. The lowest BCUT2D eigenvalue weighted by molar-refractivity contribution is 0.101. The standard InChI is InChI=1S/C17H18FNO2/c1-11-8-17(15(12(2)20)9-16(11)18)19(13-5-6-13)10-14-4-3-7-21-14/h3-4,7-9,13H,5-6,10H2,1-2H3. The molecule has 0 atom stereocenters. The topological polar surface area (TPSA) is 33.5 Å².